The van der Waals surface area contributed by atoms with Crippen molar-refractivity contribution in [1.82, 2.24) is 25.4 Å². The van der Waals surface area contributed by atoms with Gasteiger partial charge in [-0.1, -0.05) is 42.3 Å². The Morgan fingerprint density at radius 1 is 0.768 bits per heavy atom. The topological polar surface area (TPSA) is 204 Å². The number of carbonyl (C=O) groups excluding carboxylic acids is 4. The number of likely N-dealkylation sites (tertiary alicyclic amines) is 1. The number of aromatic nitrogens is 1. The third-order valence-corrected chi connectivity index (χ3v) is 14.0. The van der Waals surface area contributed by atoms with Crippen LogP contribution in [0.5, 0.6) is 11.5 Å². The number of methoxy groups -OCH3 is 1. The molecule has 5 aromatic rings. The van der Waals surface area contributed by atoms with Crippen LogP contribution in [0.1, 0.15) is 90.4 Å². The van der Waals surface area contributed by atoms with E-state index < -0.39 is 36.5 Å². The molecule has 1 aromatic heterocycles. The Morgan fingerprint density at radius 2 is 1.48 bits per heavy atom. The fourth-order valence-corrected chi connectivity index (χ4v) is 9.75. The summed E-state index contributed by atoms with van der Waals surface area (Å²) < 4.78 is 92.4. The minimum atomic E-state index is -4.46. The lowest BCUT2D eigenvalue weighted by molar-refractivity contribution is -0.140. The molecule has 1 aliphatic carbocycles. The molecule has 18 nitrogen and oxygen atoms in total. The van der Waals surface area contributed by atoms with Gasteiger partial charge in [-0.05, 0) is 105 Å². The number of halogens is 4. The maximum atomic E-state index is 15.3. The molecule has 1 saturated heterocycles. The highest BCUT2D eigenvalue weighted by atomic mass is 19.4. The quantitative estimate of drug-likeness (QED) is 0.0160. The predicted octanol–water partition coefficient (Wildman–Crippen LogP) is 8.07. The first-order chi connectivity index (χ1) is 39.6. The Balaban J connectivity index is 0.712. The number of rotatable bonds is 28. The van der Waals surface area contributed by atoms with E-state index >= 15 is 4.39 Å². The number of hydrogen-bond donors (Lipinski definition) is 6. The van der Waals surface area contributed by atoms with Crippen molar-refractivity contribution < 1.29 is 65.2 Å². The van der Waals surface area contributed by atoms with Crippen molar-refractivity contribution in [3.8, 4) is 23.3 Å². The van der Waals surface area contributed by atoms with E-state index in [9.17, 15) is 32.3 Å². The zero-order valence-electron chi connectivity index (χ0n) is 46.8. The second-order valence-corrected chi connectivity index (χ2v) is 20.0. The molecule has 0 bridgehead atoms. The van der Waals surface area contributed by atoms with E-state index in [1.54, 1.807) is 43.3 Å². The van der Waals surface area contributed by atoms with Crippen molar-refractivity contribution in [2.24, 2.45) is 0 Å². The number of fused-ring (bicyclic) bond motifs is 1. The molecule has 2 heterocycles. The SMILES string of the molecule is CNC(=O)c1ccc(NCC#Cc2cc3c(NC4CCN(CCOCCOCCOCCNC(=O)COC5CCC(NC(=O)c6cc(F)c(NC(C)=O)c(O[C@@H](C)c7ccccc7)c6)CC5)CC4)cccc3n2CC(F)(F)F)c(OC)c1. The van der Waals surface area contributed by atoms with Crippen LogP contribution in [0.25, 0.3) is 10.9 Å². The molecular weight excluding hydrogens is 1070 g/mol. The number of nitrogens with zero attached hydrogens (tertiary/aromatic N) is 2. The number of nitrogens with one attached hydrogen (secondary N) is 6. The van der Waals surface area contributed by atoms with Gasteiger partial charge in [0, 0.05) is 74.4 Å². The van der Waals surface area contributed by atoms with Gasteiger partial charge in [0.15, 0.2) is 5.82 Å². The number of amides is 4. The highest BCUT2D eigenvalue weighted by Gasteiger charge is 2.31. The summed E-state index contributed by atoms with van der Waals surface area (Å²) in [6.45, 7) is 7.04. The highest BCUT2D eigenvalue weighted by molar-refractivity contribution is 5.98. The van der Waals surface area contributed by atoms with Gasteiger partial charge in [-0.15, -0.1) is 0 Å². The molecule has 2 aliphatic rings. The number of benzene rings is 4. The molecule has 4 amide bonds. The van der Waals surface area contributed by atoms with Crippen molar-refractivity contribution in [1.29, 1.82) is 0 Å². The van der Waals surface area contributed by atoms with E-state index in [0.717, 1.165) is 49.8 Å². The third-order valence-electron chi connectivity index (χ3n) is 14.0. The van der Waals surface area contributed by atoms with E-state index in [-0.39, 0.29) is 65.8 Å². The molecule has 6 N–H and O–H groups in total. The van der Waals surface area contributed by atoms with Crippen LogP contribution < -0.4 is 41.4 Å². The van der Waals surface area contributed by atoms with Crippen LogP contribution in [0.15, 0.2) is 84.9 Å². The zero-order chi connectivity index (χ0) is 58.4. The summed E-state index contributed by atoms with van der Waals surface area (Å²) >= 11 is 0. The minimum Gasteiger partial charge on any atom is -0.495 e. The van der Waals surface area contributed by atoms with Gasteiger partial charge in [-0.3, -0.25) is 19.2 Å². The minimum absolute atomic E-state index is 0.0433. The molecule has 0 radical (unpaired) electrons. The molecule has 7 rings (SSSR count). The van der Waals surface area contributed by atoms with Crippen LogP contribution in [0.3, 0.4) is 0 Å². The number of alkyl halides is 3. The van der Waals surface area contributed by atoms with Gasteiger partial charge in [0.1, 0.15) is 36.4 Å². The second kappa shape index (κ2) is 31.1. The Labute approximate surface area is 475 Å². The third kappa shape index (κ3) is 19.1. The lowest BCUT2D eigenvalue weighted by Crippen LogP contribution is -2.40. The first-order valence-corrected chi connectivity index (χ1v) is 27.6. The molecule has 82 heavy (non-hydrogen) atoms. The van der Waals surface area contributed by atoms with E-state index in [4.69, 9.17) is 28.4 Å². The van der Waals surface area contributed by atoms with Gasteiger partial charge in [-0.2, -0.15) is 13.2 Å². The van der Waals surface area contributed by atoms with E-state index in [1.807, 2.05) is 36.4 Å². The smallest absolute Gasteiger partial charge is 0.406 e. The summed E-state index contributed by atoms with van der Waals surface area (Å²) in [5, 5.41) is 18.2. The van der Waals surface area contributed by atoms with Crippen molar-refractivity contribution in [3.05, 3.63) is 113 Å². The molecule has 1 aliphatic heterocycles. The number of hydrogen-bond acceptors (Lipinski definition) is 13. The van der Waals surface area contributed by atoms with E-state index in [2.05, 4.69) is 48.6 Å². The molecule has 22 heteroatoms. The summed E-state index contributed by atoms with van der Waals surface area (Å²) in [6.07, 6.45) is -0.924. The fourth-order valence-electron chi connectivity index (χ4n) is 9.75. The van der Waals surface area contributed by atoms with Crippen LogP contribution in [0.4, 0.5) is 34.6 Å². The number of carbonyl (C=O) groups is 4. The van der Waals surface area contributed by atoms with Gasteiger partial charge >= 0.3 is 6.18 Å². The van der Waals surface area contributed by atoms with Crippen LogP contribution in [0.2, 0.25) is 0 Å². The normalized spacial score (nSPS) is 16.1. The average molecular weight is 1140 g/mol. The first kappa shape index (κ1) is 62.2. The summed E-state index contributed by atoms with van der Waals surface area (Å²) in [5.41, 5.74) is 3.20. The van der Waals surface area contributed by atoms with Crippen LogP contribution in [-0.4, -0.2) is 151 Å². The number of ether oxygens (including phenoxy) is 6. The molecule has 0 unspecified atom stereocenters. The standard InChI is InChI=1S/C60H74F4N8O10/c1-40(42-10-6-5-7-11-42)82-55-36-44(34-50(61)57(55)68-41(2)73)59(76)70-45-16-18-48(19-17-45)81-38-56(74)67-24-28-78-30-32-80-33-31-79-29-27-71-25-21-46(22-26-71)69-51-13-8-14-53-49(51)37-47(72(53)39-60(62,63)64)12-9-23-66-52-20-15-43(58(75)65-3)35-54(52)77-4/h5-8,10-11,13-15,20,34-37,40,45-46,48,66,69H,16-19,21-33,38-39H2,1-4H3,(H,65,75)(H,67,74)(H,68,73)(H,70,76)/t40-,45?,48?/m0/s1. The van der Waals surface area contributed by atoms with Crippen LogP contribution in [-0.2, 0) is 35.1 Å². The average Bonchev–Trinajstić information content (AvgIpc) is 4.07. The molecule has 2 fully saturated rings. The Bertz CT molecular complexity index is 2970. The monoisotopic (exact) mass is 1140 g/mol. The Morgan fingerprint density at radius 3 is 2.17 bits per heavy atom. The molecule has 1 atom stereocenters. The Kier molecular flexibility index (Phi) is 23.6. The molecule has 442 valence electrons. The van der Waals surface area contributed by atoms with Gasteiger partial charge in [-0.25, -0.2) is 4.39 Å². The van der Waals surface area contributed by atoms with E-state index in [1.165, 1.54) is 31.7 Å². The number of anilines is 3. The fraction of sp³-hybridized carbons (Fsp3) is 0.467. The van der Waals surface area contributed by atoms with Gasteiger partial charge in [0.05, 0.1) is 76.3 Å². The summed E-state index contributed by atoms with van der Waals surface area (Å²) in [7, 11) is 3.01. The largest absolute Gasteiger partial charge is 0.495 e. The van der Waals surface area contributed by atoms with Crippen LogP contribution in [0, 0.1) is 17.7 Å². The molecule has 0 spiro atoms. The van der Waals surface area contributed by atoms with Gasteiger partial charge < -0.3 is 69.8 Å². The molecule has 1 saturated carbocycles. The summed E-state index contributed by atoms with van der Waals surface area (Å²) in [5.74, 6) is 4.10. The lowest BCUT2D eigenvalue weighted by Gasteiger charge is -2.32. The molecule has 4 aromatic carbocycles. The summed E-state index contributed by atoms with van der Waals surface area (Å²) in [6, 6.07) is 23.7. The maximum absolute atomic E-state index is 15.3. The molecular formula is C60H74F4N8O10. The van der Waals surface area contributed by atoms with Crippen molar-refractivity contribution in [2.45, 2.75) is 89.4 Å². The van der Waals surface area contributed by atoms with Crippen molar-refractivity contribution in [2.75, 3.05) is 109 Å². The Hall–Kier alpha value is -7.42. The second-order valence-electron chi connectivity index (χ2n) is 20.0. The van der Waals surface area contributed by atoms with Gasteiger partial charge in [0.2, 0.25) is 11.8 Å². The van der Waals surface area contributed by atoms with Crippen molar-refractivity contribution in [3.63, 3.8) is 0 Å². The van der Waals surface area contributed by atoms with E-state index in [0.29, 0.717) is 99.8 Å². The predicted molar refractivity (Wildman–Crippen MR) is 304 cm³/mol. The number of piperidine rings is 1. The zero-order valence-corrected chi connectivity index (χ0v) is 46.8. The maximum Gasteiger partial charge on any atom is 0.406 e. The van der Waals surface area contributed by atoms with Gasteiger partial charge in [0.25, 0.3) is 11.8 Å². The van der Waals surface area contributed by atoms with Crippen LogP contribution >= 0.6 is 0 Å². The first-order valence-electron chi connectivity index (χ1n) is 27.6. The summed E-state index contributed by atoms with van der Waals surface area (Å²) in [4.78, 5) is 52.0. The highest BCUT2D eigenvalue weighted by Crippen LogP contribution is 2.35. The lowest BCUT2D eigenvalue weighted by atomic mass is 9.92. The van der Waals surface area contributed by atoms with Crippen molar-refractivity contribution >= 4 is 51.6 Å².